The van der Waals surface area contributed by atoms with Gasteiger partial charge >= 0.3 is 6.18 Å². The summed E-state index contributed by atoms with van der Waals surface area (Å²) in [5.74, 6) is 0. The molecule has 2 aromatic heterocycles. The number of hydrogen-bond donors (Lipinski definition) is 1. The van der Waals surface area contributed by atoms with Crippen molar-refractivity contribution in [1.29, 1.82) is 0 Å². The molecule has 8 heteroatoms. The molecule has 1 atom stereocenters. The fraction of sp³-hybridized carbons (Fsp3) is 0.182. The third kappa shape index (κ3) is 3.10. The molecule has 19 heavy (non-hydrogen) atoms. The van der Waals surface area contributed by atoms with Gasteiger partial charge in [-0.3, -0.25) is 0 Å². The van der Waals surface area contributed by atoms with Gasteiger partial charge in [-0.05, 0) is 33.4 Å². The summed E-state index contributed by atoms with van der Waals surface area (Å²) in [4.78, 5) is 3.83. The van der Waals surface area contributed by atoms with Gasteiger partial charge < -0.3 is 5.11 Å². The molecule has 0 bridgehead atoms. The van der Waals surface area contributed by atoms with E-state index in [0.29, 0.717) is 9.35 Å². The SMILES string of the molecule is OC(c1ccc(C(F)(F)F)nc1Cl)c1sccc1Br. The number of aromatic nitrogens is 1. The van der Waals surface area contributed by atoms with E-state index in [1.54, 1.807) is 11.4 Å². The quantitative estimate of drug-likeness (QED) is 0.778. The van der Waals surface area contributed by atoms with Crippen molar-refractivity contribution in [1.82, 2.24) is 4.98 Å². The molecule has 0 aliphatic rings. The summed E-state index contributed by atoms with van der Waals surface area (Å²) in [5.41, 5.74) is -0.948. The van der Waals surface area contributed by atoms with Crippen LogP contribution >= 0.6 is 38.9 Å². The number of alkyl halides is 3. The van der Waals surface area contributed by atoms with Gasteiger partial charge in [-0.25, -0.2) is 4.98 Å². The summed E-state index contributed by atoms with van der Waals surface area (Å²) in [6.07, 6.45) is -5.67. The Balaban J connectivity index is 2.39. The van der Waals surface area contributed by atoms with E-state index in [9.17, 15) is 18.3 Å². The number of aliphatic hydroxyl groups is 1. The lowest BCUT2D eigenvalue weighted by atomic mass is 10.1. The number of nitrogens with zero attached hydrogens (tertiary/aromatic N) is 1. The van der Waals surface area contributed by atoms with Gasteiger partial charge in [-0.15, -0.1) is 11.3 Å². The molecule has 2 nitrogen and oxygen atoms in total. The topological polar surface area (TPSA) is 33.1 Å². The fourth-order valence-electron chi connectivity index (χ4n) is 1.45. The van der Waals surface area contributed by atoms with Crippen molar-refractivity contribution in [3.8, 4) is 0 Å². The van der Waals surface area contributed by atoms with E-state index in [2.05, 4.69) is 20.9 Å². The molecule has 2 heterocycles. The van der Waals surface area contributed by atoms with Crippen LogP contribution in [0.25, 0.3) is 0 Å². The molecule has 0 saturated heterocycles. The van der Waals surface area contributed by atoms with Crippen molar-refractivity contribution in [2.75, 3.05) is 0 Å². The number of thiophene rings is 1. The van der Waals surface area contributed by atoms with Crippen LogP contribution in [0, 0.1) is 0 Å². The Kier molecular flexibility index (Phi) is 4.20. The smallest absolute Gasteiger partial charge is 0.383 e. The second-order valence-electron chi connectivity index (χ2n) is 3.61. The average Bonchev–Trinajstić information content (AvgIpc) is 2.73. The lowest BCUT2D eigenvalue weighted by Gasteiger charge is -2.13. The summed E-state index contributed by atoms with van der Waals surface area (Å²) >= 11 is 10.2. The van der Waals surface area contributed by atoms with Crippen LogP contribution in [-0.2, 0) is 6.18 Å². The van der Waals surface area contributed by atoms with Gasteiger partial charge in [-0.1, -0.05) is 17.7 Å². The molecule has 0 saturated carbocycles. The summed E-state index contributed by atoms with van der Waals surface area (Å²) < 4.78 is 38.0. The molecule has 0 aliphatic heterocycles. The van der Waals surface area contributed by atoms with Crippen molar-refractivity contribution in [3.05, 3.63) is 49.3 Å². The number of halogens is 5. The molecule has 102 valence electrons. The third-order valence-electron chi connectivity index (χ3n) is 2.36. The molecule has 2 aromatic rings. The Morgan fingerprint density at radius 1 is 1.32 bits per heavy atom. The first kappa shape index (κ1) is 14.8. The second kappa shape index (κ2) is 5.40. The first-order chi connectivity index (χ1) is 8.80. The summed E-state index contributed by atoms with van der Waals surface area (Å²) in [5, 5.41) is 11.5. The maximum absolute atomic E-state index is 12.4. The molecule has 0 fully saturated rings. The largest absolute Gasteiger partial charge is 0.433 e. The predicted octanol–water partition coefficient (Wildman–Crippen LogP) is 4.66. The summed E-state index contributed by atoms with van der Waals surface area (Å²) in [6.45, 7) is 0. The lowest BCUT2D eigenvalue weighted by molar-refractivity contribution is -0.141. The van der Waals surface area contributed by atoms with Gasteiger partial charge in [0.1, 0.15) is 17.0 Å². The van der Waals surface area contributed by atoms with Crippen LogP contribution in [0.3, 0.4) is 0 Å². The van der Waals surface area contributed by atoms with E-state index in [1.165, 1.54) is 11.3 Å². The molecule has 0 aliphatic carbocycles. The van der Waals surface area contributed by atoms with Crippen LogP contribution in [0.15, 0.2) is 28.1 Å². The van der Waals surface area contributed by atoms with Gasteiger partial charge in [0.2, 0.25) is 0 Å². The van der Waals surface area contributed by atoms with Crippen molar-refractivity contribution in [2.24, 2.45) is 0 Å². The molecular weight excluding hydrogens is 367 g/mol. The van der Waals surface area contributed by atoms with Crippen molar-refractivity contribution < 1.29 is 18.3 Å². The van der Waals surface area contributed by atoms with Crippen molar-refractivity contribution >= 4 is 38.9 Å². The maximum Gasteiger partial charge on any atom is 0.433 e. The van der Waals surface area contributed by atoms with Crippen LogP contribution in [-0.4, -0.2) is 10.1 Å². The monoisotopic (exact) mass is 371 g/mol. The van der Waals surface area contributed by atoms with E-state index in [4.69, 9.17) is 11.6 Å². The minimum absolute atomic E-state index is 0.137. The van der Waals surface area contributed by atoms with Gasteiger partial charge in [-0.2, -0.15) is 13.2 Å². The zero-order valence-electron chi connectivity index (χ0n) is 9.08. The standard InChI is InChI=1S/C11H6BrClF3NOS/c12-6-3-4-19-9(6)8(18)5-1-2-7(11(14,15)16)17-10(5)13/h1-4,8,18H. The third-order valence-corrected chi connectivity index (χ3v) is 4.58. The Labute approximate surface area is 124 Å². The molecule has 1 unspecified atom stereocenters. The van der Waals surface area contributed by atoms with Crippen LogP contribution < -0.4 is 0 Å². The van der Waals surface area contributed by atoms with E-state index < -0.39 is 18.0 Å². The first-order valence-electron chi connectivity index (χ1n) is 4.95. The van der Waals surface area contributed by atoms with Crippen LogP contribution in [0.4, 0.5) is 13.2 Å². The van der Waals surface area contributed by atoms with Gasteiger partial charge in [0.25, 0.3) is 0 Å². The molecular formula is C11H6BrClF3NOS. The van der Waals surface area contributed by atoms with E-state index >= 15 is 0 Å². The van der Waals surface area contributed by atoms with E-state index in [-0.39, 0.29) is 10.7 Å². The van der Waals surface area contributed by atoms with Crippen LogP contribution in [0.2, 0.25) is 5.15 Å². The molecule has 0 spiro atoms. The van der Waals surface area contributed by atoms with Crippen molar-refractivity contribution in [3.63, 3.8) is 0 Å². The number of aliphatic hydroxyl groups excluding tert-OH is 1. The Bertz CT molecular complexity index is 602. The summed E-state index contributed by atoms with van der Waals surface area (Å²) in [7, 11) is 0. The number of pyridine rings is 1. The van der Waals surface area contributed by atoms with E-state index in [0.717, 1.165) is 12.1 Å². The number of rotatable bonds is 2. The average molecular weight is 373 g/mol. The van der Waals surface area contributed by atoms with Crippen LogP contribution in [0.1, 0.15) is 22.2 Å². The van der Waals surface area contributed by atoms with Gasteiger partial charge in [0.15, 0.2) is 0 Å². The van der Waals surface area contributed by atoms with Gasteiger partial charge in [0.05, 0.1) is 4.88 Å². The van der Waals surface area contributed by atoms with Crippen molar-refractivity contribution in [2.45, 2.75) is 12.3 Å². The minimum atomic E-state index is -4.56. The first-order valence-corrected chi connectivity index (χ1v) is 7.00. The minimum Gasteiger partial charge on any atom is -0.383 e. The summed E-state index contributed by atoms with van der Waals surface area (Å²) in [6, 6.07) is 3.66. The zero-order valence-corrected chi connectivity index (χ0v) is 12.2. The molecule has 1 N–H and O–H groups in total. The molecule has 2 rings (SSSR count). The van der Waals surface area contributed by atoms with Crippen LogP contribution in [0.5, 0.6) is 0 Å². The Hall–Kier alpha value is -0.630. The highest BCUT2D eigenvalue weighted by Crippen LogP contribution is 2.37. The lowest BCUT2D eigenvalue weighted by Crippen LogP contribution is -2.10. The molecule has 0 amide bonds. The number of hydrogen-bond acceptors (Lipinski definition) is 3. The highest BCUT2D eigenvalue weighted by atomic mass is 79.9. The Morgan fingerprint density at radius 2 is 2.00 bits per heavy atom. The molecule has 0 aromatic carbocycles. The Morgan fingerprint density at radius 3 is 2.47 bits per heavy atom. The second-order valence-corrected chi connectivity index (χ2v) is 5.77. The highest BCUT2D eigenvalue weighted by Gasteiger charge is 2.33. The fourth-order valence-corrected chi connectivity index (χ4v) is 3.30. The van der Waals surface area contributed by atoms with Gasteiger partial charge in [0, 0.05) is 10.0 Å². The molecule has 0 radical (unpaired) electrons. The zero-order chi connectivity index (χ0) is 14.2. The van der Waals surface area contributed by atoms with E-state index in [1.807, 2.05) is 0 Å². The maximum atomic E-state index is 12.4. The highest BCUT2D eigenvalue weighted by molar-refractivity contribution is 9.10. The predicted molar refractivity (Wildman–Crippen MR) is 70.3 cm³/mol. The normalized spacial score (nSPS) is 13.6.